The molecule has 0 radical (unpaired) electrons. The van der Waals surface area contributed by atoms with Crippen LogP contribution >= 0.6 is 0 Å². The van der Waals surface area contributed by atoms with Gasteiger partial charge < -0.3 is 10.1 Å². The van der Waals surface area contributed by atoms with Gasteiger partial charge in [-0.05, 0) is 12.8 Å². The van der Waals surface area contributed by atoms with E-state index in [4.69, 9.17) is 4.74 Å². The van der Waals surface area contributed by atoms with Gasteiger partial charge in [-0.1, -0.05) is 19.3 Å². The lowest BCUT2D eigenvalue weighted by molar-refractivity contribution is 0.0102. The van der Waals surface area contributed by atoms with Crippen LogP contribution in [-0.2, 0) is 4.74 Å². The topological polar surface area (TPSA) is 50.3 Å². The van der Waals surface area contributed by atoms with Crippen LogP contribution in [0.25, 0.3) is 0 Å². The van der Waals surface area contributed by atoms with Crippen LogP contribution in [0.5, 0.6) is 0 Å². The quantitative estimate of drug-likeness (QED) is 0.900. The fourth-order valence-corrected chi connectivity index (χ4v) is 3.59. The van der Waals surface area contributed by atoms with Crippen LogP contribution in [0.4, 0.5) is 5.82 Å². The monoisotopic (exact) mass is 290 g/mol. The van der Waals surface area contributed by atoms with Gasteiger partial charge in [0.25, 0.3) is 0 Å². The molecular weight excluding hydrogens is 264 g/mol. The molecule has 2 aliphatic rings. The third kappa shape index (κ3) is 4.14. The highest BCUT2D eigenvalue weighted by Gasteiger charge is 2.34. The lowest BCUT2D eigenvalue weighted by Crippen LogP contribution is -2.47. The van der Waals surface area contributed by atoms with Gasteiger partial charge in [0, 0.05) is 44.0 Å². The molecule has 1 aromatic heterocycles. The SMILES string of the molecule is c1cnc(NCC2(CN3CCOCC3)CCCCC2)cn1. The van der Waals surface area contributed by atoms with Crippen LogP contribution in [0.2, 0.25) is 0 Å². The molecule has 1 saturated heterocycles. The summed E-state index contributed by atoms with van der Waals surface area (Å²) in [7, 11) is 0. The summed E-state index contributed by atoms with van der Waals surface area (Å²) >= 11 is 0. The summed E-state index contributed by atoms with van der Waals surface area (Å²) in [6.45, 7) is 6.10. The van der Waals surface area contributed by atoms with Crippen molar-refractivity contribution in [1.29, 1.82) is 0 Å². The van der Waals surface area contributed by atoms with Gasteiger partial charge in [-0.2, -0.15) is 0 Å². The van der Waals surface area contributed by atoms with Crippen LogP contribution in [0.3, 0.4) is 0 Å². The molecule has 3 rings (SSSR count). The zero-order valence-corrected chi connectivity index (χ0v) is 12.8. The van der Waals surface area contributed by atoms with Gasteiger partial charge in [0.05, 0.1) is 19.4 Å². The highest BCUT2D eigenvalue weighted by Crippen LogP contribution is 2.37. The van der Waals surface area contributed by atoms with Crippen LogP contribution in [0.15, 0.2) is 18.6 Å². The van der Waals surface area contributed by atoms with Crippen molar-refractivity contribution >= 4 is 5.82 Å². The summed E-state index contributed by atoms with van der Waals surface area (Å²) in [5, 5.41) is 3.51. The summed E-state index contributed by atoms with van der Waals surface area (Å²) < 4.78 is 5.48. The summed E-state index contributed by atoms with van der Waals surface area (Å²) in [5.41, 5.74) is 0.382. The second kappa shape index (κ2) is 7.18. The van der Waals surface area contributed by atoms with Gasteiger partial charge in [-0.15, -0.1) is 0 Å². The molecule has 0 bridgehead atoms. The number of aromatic nitrogens is 2. The highest BCUT2D eigenvalue weighted by atomic mass is 16.5. The average molecular weight is 290 g/mol. The van der Waals surface area contributed by atoms with Crippen LogP contribution in [-0.4, -0.2) is 54.3 Å². The maximum atomic E-state index is 5.48. The van der Waals surface area contributed by atoms with E-state index in [1.807, 2.05) is 6.20 Å². The van der Waals surface area contributed by atoms with Gasteiger partial charge in [0.15, 0.2) is 0 Å². The minimum atomic E-state index is 0.382. The minimum absolute atomic E-state index is 0.382. The first-order valence-corrected chi connectivity index (χ1v) is 8.16. The van der Waals surface area contributed by atoms with Gasteiger partial charge in [0.2, 0.25) is 0 Å². The van der Waals surface area contributed by atoms with Crippen molar-refractivity contribution in [3.8, 4) is 0 Å². The zero-order valence-electron chi connectivity index (χ0n) is 12.8. The number of morpholine rings is 1. The number of hydrogen-bond acceptors (Lipinski definition) is 5. The van der Waals surface area contributed by atoms with E-state index in [1.54, 1.807) is 12.4 Å². The molecule has 0 amide bonds. The van der Waals surface area contributed by atoms with Crippen LogP contribution in [0.1, 0.15) is 32.1 Å². The molecule has 1 aliphatic carbocycles. The molecule has 1 aliphatic heterocycles. The van der Waals surface area contributed by atoms with E-state index in [9.17, 15) is 0 Å². The van der Waals surface area contributed by atoms with Crippen molar-refractivity contribution in [2.45, 2.75) is 32.1 Å². The average Bonchev–Trinajstić information content (AvgIpc) is 2.56. The lowest BCUT2D eigenvalue weighted by atomic mass is 9.73. The summed E-state index contributed by atoms with van der Waals surface area (Å²) in [6, 6.07) is 0. The molecule has 1 aromatic rings. The molecule has 21 heavy (non-hydrogen) atoms. The Labute approximate surface area is 127 Å². The highest BCUT2D eigenvalue weighted by molar-refractivity contribution is 5.30. The summed E-state index contributed by atoms with van der Waals surface area (Å²) in [4.78, 5) is 11.0. The third-order valence-corrected chi connectivity index (χ3v) is 4.78. The van der Waals surface area contributed by atoms with Crippen molar-refractivity contribution in [1.82, 2.24) is 14.9 Å². The second-order valence-electron chi connectivity index (χ2n) is 6.39. The Hall–Kier alpha value is -1.20. The van der Waals surface area contributed by atoms with Crippen LogP contribution in [0, 0.1) is 5.41 Å². The van der Waals surface area contributed by atoms with Gasteiger partial charge in [-0.25, -0.2) is 4.98 Å². The number of hydrogen-bond donors (Lipinski definition) is 1. The second-order valence-corrected chi connectivity index (χ2v) is 6.39. The molecular formula is C16H26N4O. The Balaban J connectivity index is 1.61. The molecule has 0 spiro atoms. The van der Waals surface area contributed by atoms with Crippen molar-refractivity contribution in [2.24, 2.45) is 5.41 Å². The number of nitrogens with zero attached hydrogens (tertiary/aromatic N) is 3. The molecule has 116 valence electrons. The van der Waals surface area contributed by atoms with Gasteiger partial charge in [-0.3, -0.25) is 9.88 Å². The smallest absolute Gasteiger partial charge is 0.144 e. The molecule has 0 unspecified atom stereocenters. The molecule has 5 heteroatoms. The predicted octanol–water partition coefficient (Wildman–Crippen LogP) is 2.17. The Bertz CT molecular complexity index is 414. The van der Waals surface area contributed by atoms with E-state index < -0.39 is 0 Å². The Morgan fingerprint density at radius 3 is 2.67 bits per heavy atom. The minimum Gasteiger partial charge on any atom is -0.379 e. The van der Waals surface area contributed by atoms with Crippen molar-refractivity contribution in [3.05, 3.63) is 18.6 Å². The largest absolute Gasteiger partial charge is 0.379 e. The molecule has 1 N–H and O–H groups in total. The maximum absolute atomic E-state index is 5.48. The fourth-order valence-electron chi connectivity index (χ4n) is 3.59. The summed E-state index contributed by atoms with van der Waals surface area (Å²) in [6.07, 6.45) is 12.0. The van der Waals surface area contributed by atoms with E-state index in [0.717, 1.165) is 38.7 Å². The number of rotatable bonds is 5. The van der Waals surface area contributed by atoms with Crippen molar-refractivity contribution < 1.29 is 4.74 Å². The fraction of sp³-hybridized carbons (Fsp3) is 0.750. The molecule has 5 nitrogen and oxygen atoms in total. The Kier molecular flexibility index (Phi) is 5.04. The molecule has 2 heterocycles. The maximum Gasteiger partial charge on any atom is 0.144 e. The lowest BCUT2D eigenvalue weighted by Gasteiger charge is -2.42. The standard InChI is InChI=1S/C16H26N4O/c1-2-4-16(5-3-1,14-20-8-10-21-11-9-20)13-19-15-12-17-6-7-18-15/h6-7,12H,1-5,8-11,13-14H2,(H,18,19). The number of ether oxygens (including phenoxy) is 1. The molecule has 0 aromatic carbocycles. The van der Waals surface area contributed by atoms with E-state index in [1.165, 1.54) is 38.6 Å². The van der Waals surface area contributed by atoms with Crippen molar-refractivity contribution in [3.63, 3.8) is 0 Å². The van der Waals surface area contributed by atoms with E-state index >= 15 is 0 Å². The normalized spacial score (nSPS) is 22.9. The third-order valence-electron chi connectivity index (χ3n) is 4.78. The van der Waals surface area contributed by atoms with E-state index in [2.05, 4.69) is 20.2 Å². The first-order valence-electron chi connectivity index (χ1n) is 8.16. The first kappa shape index (κ1) is 14.7. The molecule has 1 saturated carbocycles. The first-order chi connectivity index (χ1) is 10.4. The zero-order chi connectivity index (χ0) is 14.4. The predicted molar refractivity (Wildman–Crippen MR) is 83.3 cm³/mol. The van der Waals surface area contributed by atoms with E-state index in [0.29, 0.717) is 5.41 Å². The van der Waals surface area contributed by atoms with Crippen molar-refractivity contribution in [2.75, 3.05) is 44.7 Å². The van der Waals surface area contributed by atoms with Gasteiger partial charge in [0.1, 0.15) is 5.82 Å². The Morgan fingerprint density at radius 2 is 1.95 bits per heavy atom. The molecule has 0 atom stereocenters. The Morgan fingerprint density at radius 1 is 1.14 bits per heavy atom. The number of nitrogens with one attached hydrogen (secondary N) is 1. The number of anilines is 1. The van der Waals surface area contributed by atoms with Gasteiger partial charge >= 0.3 is 0 Å². The summed E-state index contributed by atoms with van der Waals surface area (Å²) in [5.74, 6) is 0.893. The molecule has 2 fully saturated rings. The van der Waals surface area contributed by atoms with Crippen LogP contribution < -0.4 is 5.32 Å². The van der Waals surface area contributed by atoms with E-state index in [-0.39, 0.29) is 0 Å².